The summed E-state index contributed by atoms with van der Waals surface area (Å²) >= 11 is 0. The van der Waals surface area contributed by atoms with Crippen molar-refractivity contribution in [1.82, 2.24) is 5.32 Å². The van der Waals surface area contributed by atoms with Crippen LogP contribution < -0.4 is 5.32 Å². The number of carbonyl (C=O) groups excluding carboxylic acids is 1. The minimum Gasteiger partial charge on any atom is -0.453 e. The van der Waals surface area contributed by atoms with Crippen LogP contribution in [-0.2, 0) is 18.0 Å². The zero-order chi connectivity index (χ0) is 12.4. The predicted molar refractivity (Wildman–Crippen MR) is 61.0 cm³/mol. The molecule has 0 heterocycles. The van der Waals surface area contributed by atoms with Gasteiger partial charge in [-0.2, -0.15) is 0 Å². The van der Waals surface area contributed by atoms with Gasteiger partial charge in [0.2, 0.25) is 0 Å². The zero-order valence-corrected chi connectivity index (χ0v) is 11.4. The molecule has 1 amide bonds. The van der Waals surface area contributed by atoms with Gasteiger partial charge in [-0.25, -0.2) is 4.79 Å². The lowest BCUT2D eigenvalue weighted by atomic mass is 10.9. The summed E-state index contributed by atoms with van der Waals surface area (Å²) in [6.45, 7) is 7.02. The molecule has 0 aromatic carbocycles. The number of alkyl carbamates (subject to hydrolysis) is 1. The first-order valence-corrected chi connectivity index (χ1v) is 7.31. The third kappa shape index (κ3) is 5.45. The highest BCUT2D eigenvalue weighted by Crippen LogP contribution is 2.08. The van der Waals surface area contributed by atoms with Crippen LogP contribution in [0.25, 0.3) is 0 Å². The Kier molecular flexibility index (Phi) is 8.17. The summed E-state index contributed by atoms with van der Waals surface area (Å²) in [6, 6.07) is 0. The van der Waals surface area contributed by atoms with Crippen molar-refractivity contribution in [3.05, 3.63) is 0 Å². The molecule has 0 aromatic rings. The molecule has 0 rings (SSSR count). The zero-order valence-electron chi connectivity index (χ0n) is 10.4. The van der Waals surface area contributed by atoms with Gasteiger partial charge in [0.1, 0.15) is 0 Å². The minimum atomic E-state index is -2.79. The first-order chi connectivity index (χ1) is 7.64. The normalized spacial score (nSPS) is 11.2. The van der Waals surface area contributed by atoms with Gasteiger partial charge in [0.05, 0.1) is 13.3 Å². The summed E-state index contributed by atoms with van der Waals surface area (Å²) in [5, 5.41) is 2.55. The predicted octanol–water partition coefficient (Wildman–Crippen LogP) is 0.930. The summed E-state index contributed by atoms with van der Waals surface area (Å²) in [6.07, 6.45) is -0.300. The summed E-state index contributed by atoms with van der Waals surface area (Å²) in [7, 11) is -1.48. The van der Waals surface area contributed by atoms with E-state index in [1.165, 1.54) is 7.11 Å². The molecule has 0 fully saturated rings. The number of rotatable bonds is 8. The Labute approximate surface area is 97.6 Å². The van der Waals surface area contributed by atoms with Crippen LogP contribution in [-0.4, -0.2) is 48.0 Å². The molecule has 0 aliphatic carbocycles. The standard InChI is InChI=1S/C9H21NO5Si/c1-5-13-16(14-6-2,15-7-3)8-10-9(11)12-4/h5-8H2,1-4H3,(H,10,11). The molecule has 16 heavy (non-hydrogen) atoms. The van der Waals surface area contributed by atoms with E-state index < -0.39 is 14.9 Å². The van der Waals surface area contributed by atoms with Crippen LogP contribution in [0.3, 0.4) is 0 Å². The molecule has 0 saturated carbocycles. The van der Waals surface area contributed by atoms with E-state index in [0.717, 1.165) is 0 Å². The second kappa shape index (κ2) is 8.51. The fourth-order valence-corrected chi connectivity index (χ4v) is 3.43. The number of ether oxygens (including phenoxy) is 1. The molecule has 0 atom stereocenters. The van der Waals surface area contributed by atoms with Crippen LogP contribution in [0.2, 0.25) is 0 Å². The molecule has 0 unspecified atom stereocenters. The van der Waals surface area contributed by atoms with Crippen molar-refractivity contribution in [3.63, 3.8) is 0 Å². The van der Waals surface area contributed by atoms with Crippen LogP contribution >= 0.6 is 0 Å². The number of amides is 1. The lowest BCUT2D eigenvalue weighted by Crippen LogP contribution is -2.55. The number of methoxy groups -OCH3 is 1. The van der Waals surface area contributed by atoms with Crippen LogP contribution in [0, 0.1) is 0 Å². The third-order valence-electron chi connectivity index (χ3n) is 1.73. The SMILES string of the molecule is CCO[Si](CNC(=O)OC)(OCC)OCC. The van der Waals surface area contributed by atoms with Gasteiger partial charge in [-0.15, -0.1) is 0 Å². The molecule has 1 N–H and O–H groups in total. The van der Waals surface area contributed by atoms with E-state index in [4.69, 9.17) is 13.3 Å². The van der Waals surface area contributed by atoms with Gasteiger partial charge in [-0.1, -0.05) is 0 Å². The molecule has 6 nitrogen and oxygen atoms in total. The highest BCUT2D eigenvalue weighted by Gasteiger charge is 2.41. The van der Waals surface area contributed by atoms with E-state index in [9.17, 15) is 4.79 Å². The van der Waals surface area contributed by atoms with Gasteiger partial charge in [0.15, 0.2) is 0 Å². The molecule has 0 spiro atoms. The van der Waals surface area contributed by atoms with Gasteiger partial charge < -0.3 is 23.3 Å². The molecule has 7 heteroatoms. The van der Waals surface area contributed by atoms with E-state index in [-0.39, 0.29) is 6.17 Å². The van der Waals surface area contributed by atoms with Crippen molar-refractivity contribution in [2.75, 3.05) is 33.1 Å². The Morgan fingerprint density at radius 1 is 1.06 bits per heavy atom. The Bertz CT molecular complexity index is 185. The van der Waals surface area contributed by atoms with E-state index in [1.54, 1.807) is 0 Å². The average Bonchev–Trinajstić information content (AvgIpc) is 2.27. The Hall–Kier alpha value is -0.633. The number of hydrogen-bond acceptors (Lipinski definition) is 5. The number of hydrogen-bond donors (Lipinski definition) is 1. The first-order valence-electron chi connectivity index (χ1n) is 5.37. The molecule has 0 radical (unpaired) electrons. The van der Waals surface area contributed by atoms with E-state index in [1.807, 2.05) is 20.8 Å². The maximum absolute atomic E-state index is 11.0. The van der Waals surface area contributed by atoms with Gasteiger partial charge in [0, 0.05) is 19.8 Å². The maximum atomic E-state index is 11.0. The highest BCUT2D eigenvalue weighted by atomic mass is 28.4. The topological polar surface area (TPSA) is 66.0 Å². The van der Waals surface area contributed by atoms with Crippen molar-refractivity contribution in [3.8, 4) is 0 Å². The third-order valence-corrected chi connectivity index (χ3v) is 4.52. The molecular weight excluding hydrogens is 230 g/mol. The number of nitrogens with one attached hydrogen (secondary N) is 1. The largest absolute Gasteiger partial charge is 0.521 e. The molecule has 0 saturated heterocycles. The lowest BCUT2D eigenvalue weighted by molar-refractivity contribution is 0.0693. The van der Waals surface area contributed by atoms with Crippen LogP contribution in [0.4, 0.5) is 4.79 Å². The van der Waals surface area contributed by atoms with E-state index in [0.29, 0.717) is 19.8 Å². The monoisotopic (exact) mass is 251 g/mol. The van der Waals surface area contributed by atoms with Crippen molar-refractivity contribution in [1.29, 1.82) is 0 Å². The molecule has 0 aliphatic rings. The van der Waals surface area contributed by atoms with Gasteiger partial charge >= 0.3 is 14.9 Å². The summed E-state index contributed by atoms with van der Waals surface area (Å²) in [4.78, 5) is 11.0. The minimum absolute atomic E-state index is 0.217. The Balaban J connectivity index is 4.39. The van der Waals surface area contributed by atoms with Crippen LogP contribution in [0.15, 0.2) is 0 Å². The molecular formula is C9H21NO5Si. The van der Waals surface area contributed by atoms with E-state index >= 15 is 0 Å². The van der Waals surface area contributed by atoms with Crippen LogP contribution in [0.1, 0.15) is 20.8 Å². The second-order valence-electron chi connectivity index (χ2n) is 2.83. The molecule has 0 aliphatic heterocycles. The summed E-state index contributed by atoms with van der Waals surface area (Å²) in [5.74, 6) is 0. The van der Waals surface area contributed by atoms with Crippen molar-refractivity contribution < 1.29 is 22.8 Å². The van der Waals surface area contributed by atoms with Crippen molar-refractivity contribution >= 4 is 14.9 Å². The fourth-order valence-electron chi connectivity index (χ4n) is 1.19. The Morgan fingerprint density at radius 2 is 1.50 bits per heavy atom. The van der Waals surface area contributed by atoms with Crippen molar-refractivity contribution in [2.24, 2.45) is 0 Å². The van der Waals surface area contributed by atoms with Gasteiger partial charge in [0.25, 0.3) is 0 Å². The summed E-state index contributed by atoms with van der Waals surface area (Å²) in [5.41, 5.74) is 0. The lowest BCUT2D eigenvalue weighted by Gasteiger charge is -2.28. The first kappa shape index (κ1) is 15.4. The van der Waals surface area contributed by atoms with Crippen molar-refractivity contribution in [2.45, 2.75) is 20.8 Å². The second-order valence-corrected chi connectivity index (χ2v) is 5.41. The highest BCUT2D eigenvalue weighted by molar-refractivity contribution is 6.61. The quantitative estimate of drug-likeness (QED) is 0.650. The summed E-state index contributed by atoms with van der Waals surface area (Å²) < 4.78 is 21.1. The smallest absolute Gasteiger partial charge is 0.453 e. The van der Waals surface area contributed by atoms with Gasteiger partial charge in [-0.05, 0) is 20.8 Å². The van der Waals surface area contributed by atoms with Gasteiger partial charge in [-0.3, -0.25) is 0 Å². The number of carbonyl (C=O) groups is 1. The fraction of sp³-hybridized carbons (Fsp3) is 0.889. The van der Waals surface area contributed by atoms with E-state index in [2.05, 4.69) is 10.1 Å². The molecule has 0 bridgehead atoms. The molecule has 96 valence electrons. The Morgan fingerprint density at radius 3 is 1.81 bits per heavy atom. The molecule has 0 aromatic heterocycles. The average molecular weight is 251 g/mol. The van der Waals surface area contributed by atoms with Crippen LogP contribution in [0.5, 0.6) is 0 Å². The maximum Gasteiger partial charge on any atom is 0.521 e.